The van der Waals surface area contributed by atoms with E-state index in [2.05, 4.69) is 6.92 Å². The number of amides is 1. The molecule has 3 aromatic rings. The van der Waals surface area contributed by atoms with Crippen molar-refractivity contribution in [3.63, 3.8) is 0 Å². The van der Waals surface area contributed by atoms with Gasteiger partial charge in [-0.05, 0) is 51.8 Å². The van der Waals surface area contributed by atoms with Gasteiger partial charge >= 0.3 is 17.9 Å². The summed E-state index contributed by atoms with van der Waals surface area (Å²) >= 11 is 0. The Morgan fingerprint density at radius 1 is 0.906 bits per heavy atom. The minimum absolute atomic E-state index is 0.0168. The number of unbranched alkanes of at least 4 members (excludes halogenated alkanes) is 9. The normalized spacial score (nSPS) is 16.1. The van der Waals surface area contributed by atoms with E-state index in [-0.39, 0.29) is 55.0 Å². The fraction of sp³-hybridized carbons (Fsp3) is 0.571. The van der Waals surface area contributed by atoms with Gasteiger partial charge in [0.25, 0.3) is 5.56 Å². The molecule has 1 atom stereocenters. The quantitative estimate of drug-likeness (QED) is 0.0580. The summed E-state index contributed by atoms with van der Waals surface area (Å²) < 4.78 is 18.5. The molecule has 0 N–H and O–H groups in total. The average Bonchev–Trinajstić information content (AvgIpc) is 3.48. The summed E-state index contributed by atoms with van der Waals surface area (Å²) in [6.45, 7) is 9.44. The molecule has 1 aromatic carbocycles. The first-order valence-corrected chi connectivity index (χ1v) is 19.4. The Morgan fingerprint density at radius 3 is 2.26 bits per heavy atom. The maximum absolute atomic E-state index is 13.9. The van der Waals surface area contributed by atoms with Gasteiger partial charge in [-0.1, -0.05) is 89.8 Å². The van der Waals surface area contributed by atoms with Crippen LogP contribution in [0.2, 0.25) is 0 Å². The first-order valence-electron chi connectivity index (χ1n) is 19.4. The number of aromatic nitrogens is 2. The van der Waals surface area contributed by atoms with Crippen LogP contribution in [0.5, 0.6) is 0 Å². The number of benzene rings is 1. The maximum atomic E-state index is 13.9. The molecule has 11 heteroatoms. The molecular formula is C42H55N3O8. The molecule has 4 heterocycles. The summed E-state index contributed by atoms with van der Waals surface area (Å²) in [5, 5.41) is 0.954. The first-order chi connectivity index (χ1) is 25.4. The number of esters is 3. The predicted molar refractivity (Wildman–Crippen MR) is 202 cm³/mol. The Morgan fingerprint density at radius 2 is 1.58 bits per heavy atom. The van der Waals surface area contributed by atoms with Crippen molar-refractivity contribution in [3.8, 4) is 11.4 Å². The molecule has 0 saturated heterocycles. The van der Waals surface area contributed by atoms with E-state index in [1.165, 1.54) is 43.4 Å². The lowest BCUT2D eigenvalue weighted by Crippen LogP contribution is -2.47. The SMILES string of the molecule is CCCCCCCCCCCCN(CC(=O)OC(C)(C)C)C(=O)CCC(=O)O[C@]1(CC)C(=O)OCc2c1cc1n(c2=O)Cc2cc3ccccc3nc2-1. The van der Waals surface area contributed by atoms with Crippen molar-refractivity contribution >= 4 is 34.7 Å². The molecule has 2 aliphatic heterocycles. The van der Waals surface area contributed by atoms with Gasteiger partial charge in [0, 0.05) is 29.5 Å². The molecule has 53 heavy (non-hydrogen) atoms. The van der Waals surface area contributed by atoms with Crippen LogP contribution in [-0.4, -0.2) is 57.0 Å². The summed E-state index contributed by atoms with van der Waals surface area (Å²) in [5.74, 6) is -2.46. The molecule has 2 aliphatic rings. The second-order valence-electron chi connectivity index (χ2n) is 15.3. The summed E-state index contributed by atoms with van der Waals surface area (Å²) in [6, 6.07) is 11.4. The lowest BCUT2D eigenvalue weighted by Gasteiger charge is -2.35. The minimum Gasteiger partial charge on any atom is -0.459 e. The highest BCUT2D eigenvalue weighted by Gasteiger charge is 2.50. The molecule has 0 unspecified atom stereocenters. The molecule has 0 radical (unpaired) electrons. The smallest absolute Gasteiger partial charge is 0.355 e. The molecule has 11 nitrogen and oxygen atoms in total. The van der Waals surface area contributed by atoms with Gasteiger partial charge in [0.2, 0.25) is 11.5 Å². The second-order valence-corrected chi connectivity index (χ2v) is 15.3. The van der Waals surface area contributed by atoms with Gasteiger partial charge in [-0.25, -0.2) is 9.78 Å². The number of cyclic esters (lactones) is 1. The molecule has 0 spiro atoms. The van der Waals surface area contributed by atoms with Crippen molar-refractivity contribution in [1.82, 2.24) is 14.5 Å². The van der Waals surface area contributed by atoms with Gasteiger partial charge in [-0.2, -0.15) is 0 Å². The lowest BCUT2D eigenvalue weighted by atomic mass is 9.85. The molecule has 0 saturated carbocycles. The van der Waals surface area contributed by atoms with Crippen LogP contribution in [0, 0.1) is 0 Å². The fourth-order valence-corrected chi connectivity index (χ4v) is 7.31. The summed E-state index contributed by atoms with van der Waals surface area (Å²) in [6.07, 6.45) is 10.8. The topological polar surface area (TPSA) is 134 Å². The number of hydrogen-bond donors (Lipinski definition) is 0. The van der Waals surface area contributed by atoms with Gasteiger partial charge in [0.1, 0.15) is 18.8 Å². The van der Waals surface area contributed by atoms with Crippen LogP contribution >= 0.6 is 0 Å². The number of carbonyl (C=O) groups excluding carboxylic acids is 4. The van der Waals surface area contributed by atoms with Crippen LogP contribution in [0.15, 0.2) is 41.2 Å². The molecule has 0 aliphatic carbocycles. The average molecular weight is 730 g/mol. The zero-order valence-corrected chi connectivity index (χ0v) is 32.1. The van der Waals surface area contributed by atoms with Crippen LogP contribution < -0.4 is 5.56 Å². The van der Waals surface area contributed by atoms with E-state index in [4.69, 9.17) is 19.2 Å². The standard InChI is InChI=1S/C42H55N3O8/c1-6-8-9-10-11-12-13-14-15-18-23-44(27-37(48)52-41(3,4)5)35(46)21-22-36(47)53-42(7-2)32-25-34-38-30(24-29-19-16-17-20-33(29)43-38)26-45(34)39(49)31(32)28-51-40(42)50/h16-17,19-20,24-25H,6-15,18,21-23,26-28H2,1-5H3/t42-/m0/s1. The largest absolute Gasteiger partial charge is 0.459 e. The molecule has 286 valence electrons. The van der Waals surface area contributed by atoms with Gasteiger partial charge in [-0.15, -0.1) is 0 Å². The van der Waals surface area contributed by atoms with Crippen LogP contribution in [0.4, 0.5) is 0 Å². The van der Waals surface area contributed by atoms with Crippen molar-refractivity contribution in [2.45, 2.75) is 142 Å². The minimum atomic E-state index is -1.87. The molecule has 0 fully saturated rings. The number of carbonyl (C=O) groups is 4. The summed E-state index contributed by atoms with van der Waals surface area (Å²) in [7, 11) is 0. The van der Waals surface area contributed by atoms with E-state index in [1.807, 2.05) is 30.3 Å². The monoisotopic (exact) mass is 729 g/mol. The Hall–Kier alpha value is -4.54. The van der Waals surface area contributed by atoms with Gasteiger partial charge in [0.05, 0.1) is 35.4 Å². The third kappa shape index (κ3) is 9.53. The predicted octanol–water partition coefficient (Wildman–Crippen LogP) is 7.50. The maximum Gasteiger partial charge on any atom is 0.355 e. The van der Waals surface area contributed by atoms with Crippen LogP contribution in [0.3, 0.4) is 0 Å². The number of ether oxygens (including phenoxy) is 3. The molecule has 1 amide bonds. The van der Waals surface area contributed by atoms with Gasteiger partial charge in [0.15, 0.2) is 0 Å². The van der Waals surface area contributed by atoms with Crippen LogP contribution in [0.1, 0.15) is 135 Å². The Labute approximate surface area is 312 Å². The number of pyridine rings is 2. The Bertz CT molecular complexity index is 1880. The van der Waals surface area contributed by atoms with E-state index in [0.717, 1.165) is 42.1 Å². The lowest BCUT2D eigenvalue weighted by molar-refractivity contribution is -0.189. The highest BCUT2D eigenvalue weighted by molar-refractivity contribution is 5.90. The highest BCUT2D eigenvalue weighted by atomic mass is 16.6. The number of fused-ring (bicyclic) bond motifs is 5. The molecule has 0 bridgehead atoms. The molecular weight excluding hydrogens is 674 g/mol. The van der Waals surface area contributed by atoms with Crippen molar-refractivity contribution in [1.29, 1.82) is 0 Å². The van der Waals surface area contributed by atoms with Crippen LogP contribution in [0.25, 0.3) is 22.3 Å². The fourth-order valence-electron chi connectivity index (χ4n) is 7.31. The highest BCUT2D eigenvalue weighted by Crippen LogP contribution is 2.41. The summed E-state index contributed by atoms with van der Waals surface area (Å²) in [4.78, 5) is 73.4. The van der Waals surface area contributed by atoms with Crippen LogP contribution in [-0.2, 0) is 52.1 Å². The van der Waals surface area contributed by atoms with E-state index in [1.54, 1.807) is 38.3 Å². The summed E-state index contributed by atoms with van der Waals surface area (Å²) in [5.41, 5.74) is 0.446. The van der Waals surface area contributed by atoms with Gasteiger partial charge in [-0.3, -0.25) is 19.2 Å². The Kier molecular flexibility index (Phi) is 13.1. The van der Waals surface area contributed by atoms with E-state index in [0.29, 0.717) is 24.5 Å². The van der Waals surface area contributed by atoms with Crippen molar-refractivity contribution in [2.24, 2.45) is 0 Å². The van der Waals surface area contributed by atoms with E-state index >= 15 is 0 Å². The zero-order valence-electron chi connectivity index (χ0n) is 32.1. The van der Waals surface area contributed by atoms with E-state index < -0.39 is 29.1 Å². The van der Waals surface area contributed by atoms with Crippen molar-refractivity contribution < 1.29 is 33.4 Å². The number of rotatable bonds is 18. The number of nitrogens with zero attached hydrogens (tertiary/aromatic N) is 3. The third-order valence-corrected chi connectivity index (χ3v) is 10.1. The number of hydrogen-bond acceptors (Lipinski definition) is 9. The van der Waals surface area contributed by atoms with Crippen molar-refractivity contribution in [3.05, 3.63) is 63.4 Å². The van der Waals surface area contributed by atoms with E-state index in [9.17, 15) is 24.0 Å². The Balaban J connectivity index is 1.26. The zero-order chi connectivity index (χ0) is 38.2. The molecule has 2 aromatic heterocycles. The van der Waals surface area contributed by atoms with Gasteiger partial charge < -0.3 is 23.7 Å². The molecule has 5 rings (SSSR count). The number of para-hydroxylation sites is 1. The van der Waals surface area contributed by atoms with Crippen molar-refractivity contribution in [2.75, 3.05) is 13.1 Å². The first kappa shape index (κ1) is 39.7. The third-order valence-electron chi connectivity index (χ3n) is 10.1. The second kappa shape index (κ2) is 17.5.